The third kappa shape index (κ3) is 5.14. The van der Waals surface area contributed by atoms with Gasteiger partial charge >= 0.3 is 5.97 Å². The molecule has 1 fully saturated rings. The lowest BCUT2D eigenvalue weighted by Gasteiger charge is -2.17. The van der Waals surface area contributed by atoms with E-state index in [1.165, 1.54) is 0 Å². The fourth-order valence-corrected chi connectivity index (χ4v) is 3.81. The quantitative estimate of drug-likeness (QED) is 0.413. The zero-order valence-electron chi connectivity index (χ0n) is 17.4. The number of anilines is 4. The maximum absolute atomic E-state index is 12.6. The number of carbonyl (C=O) groups is 2. The molecule has 1 aromatic heterocycles. The van der Waals surface area contributed by atoms with Crippen molar-refractivity contribution in [2.24, 2.45) is 5.92 Å². The van der Waals surface area contributed by atoms with E-state index in [1.54, 1.807) is 16.7 Å². The number of thioether (sulfide) groups is 1. The van der Waals surface area contributed by atoms with Crippen molar-refractivity contribution in [3.8, 4) is 0 Å². The standard InChI is InChI=1S/C22H22N6O3S/c1-32-17-9-5-8-16(11-17)28-12-14(10-19(28)29)20(30)31-13-18-25-21(23)27-22(26-18)24-15-6-3-2-4-7-15/h2-9,11,14H,10,12-13H2,1H3,(H3,23,24,25,26,27)/t14-/m0/s1. The number of benzene rings is 2. The first-order valence-electron chi connectivity index (χ1n) is 9.95. The minimum atomic E-state index is -0.554. The van der Waals surface area contributed by atoms with Crippen molar-refractivity contribution < 1.29 is 14.3 Å². The topological polar surface area (TPSA) is 123 Å². The van der Waals surface area contributed by atoms with Gasteiger partial charge in [0.05, 0.1) is 5.92 Å². The van der Waals surface area contributed by atoms with E-state index in [1.807, 2.05) is 60.9 Å². The molecular weight excluding hydrogens is 428 g/mol. The second-order valence-corrected chi connectivity index (χ2v) is 8.02. The van der Waals surface area contributed by atoms with E-state index in [2.05, 4.69) is 20.3 Å². The number of ether oxygens (including phenoxy) is 1. The second kappa shape index (κ2) is 9.65. The Balaban J connectivity index is 1.38. The minimum Gasteiger partial charge on any atom is -0.457 e. The summed E-state index contributed by atoms with van der Waals surface area (Å²) in [6, 6.07) is 17.0. The molecule has 0 radical (unpaired) electrons. The van der Waals surface area contributed by atoms with Crippen LogP contribution in [0.4, 0.5) is 23.3 Å². The summed E-state index contributed by atoms with van der Waals surface area (Å²) in [5.74, 6) is -0.645. The molecule has 0 aliphatic carbocycles. The fourth-order valence-electron chi connectivity index (χ4n) is 3.36. The Morgan fingerprint density at radius 3 is 2.78 bits per heavy atom. The van der Waals surface area contributed by atoms with Crippen LogP contribution in [0.3, 0.4) is 0 Å². The molecule has 2 aromatic carbocycles. The number of nitrogen functional groups attached to an aromatic ring is 1. The van der Waals surface area contributed by atoms with Crippen LogP contribution in [0.25, 0.3) is 0 Å². The SMILES string of the molecule is CSc1cccc(N2C[C@@H](C(=O)OCc3nc(N)nc(Nc4ccccc4)n3)CC2=O)c1. The van der Waals surface area contributed by atoms with Crippen LogP contribution >= 0.6 is 11.8 Å². The van der Waals surface area contributed by atoms with Gasteiger partial charge in [-0.05, 0) is 36.6 Å². The van der Waals surface area contributed by atoms with E-state index >= 15 is 0 Å². The molecule has 10 heteroatoms. The van der Waals surface area contributed by atoms with Crippen molar-refractivity contribution in [2.75, 3.05) is 28.8 Å². The first-order chi connectivity index (χ1) is 15.5. The Bertz CT molecular complexity index is 1130. The lowest BCUT2D eigenvalue weighted by atomic mass is 10.1. The predicted molar refractivity (Wildman–Crippen MR) is 122 cm³/mol. The Morgan fingerprint density at radius 1 is 1.19 bits per heavy atom. The molecule has 1 atom stereocenters. The molecule has 1 aliphatic heterocycles. The summed E-state index contributed by atoms with van der Waals surface area (Å²) in [6.07, 6.45) is 2.07. The van der Waals surface area contributed by atoms with Gasteiger partial charge in [-0.25, -0.2) is 0 Å². The number of amides is 1. The molecule has 0 spiro atoms. The van der Waals surface area contributed by atoms with Gasteiger partial charge in [0.15, 0.2) is 12.4 Å². The van der Waals surface area contributed by atoms with Gasteiger partial charge in [0.2, 0.25) is 17.8 Å². The molecule has 1 aliphatic rings. The van der Waals surface area contributed by atoms with Crippen LogP contribution in [0.15, 0.2) is 59.5 Å². The predicted octanol–water partition coefficient (Wildman–Crippen LogP) is 3.02. The minimum absolute atomic E-state index is 0.0142. The smallest absolute Gasteiger partial charge is 0.311 e. The third-order valence-electron chi connectivity index (χ3n) is 4.90. The van der Waals surface area contributed by atoms with Gasteiger partial charge in [-0.3, -0.25) is 9.59 Å². The largest absolute Gasteiger partial charge is 0.457 e. The van der Waals surface area contributed by atoms with Crippen LogP contribution in [0.2, 0.25) is 0 Å². The van der Waals surface area contributed by atoms with Gasteiger partial charge in [-0.15, -0.1) is 11.8 Å². The van der Waals surface area contributed by atoms with E-state index in [0.717, 1.165) is 16.3 Å². The van der Waals surface area contributed by atoms with Crippen molar-refractivity contribution in [1.82, 2.24) is 15.0 Å². The number of aromatic nitrogens is 3. The van der Waals surface area contributed by atoms with E-state index < -0.39 is 11.9 Å². The summed E-state index contributed by atoms with van der Waals surface area (Å²) in [7, 11) is 0. The van der Waals surface area contributed by atoms with E-state index in [0.29, 0.717) is 0 Å². The van der Waals surface area contributed by atoms with Gasteiger partial charge in [-0.2, -0.15) is 15.0 Å². The van der Waals surface area contributed by atoms with Gasteiger partial charge < -0.3 is 20.7 Å². The Morgan fingerprint density at radius 2 is 2.00 bits per heavy atom. The average Bonchev–Trinajstić information content (AvgIpc) is 3.19. The highest BCUT2D eigenvalue weighted by Gasteiger charge is 2.36. The van der Waals surface area contributed by atoms with Gasteiger partial charge in [0.25, 0.3) is 0 Å². The van der Waals surface area contributed by atoms with Crippen LogP contribution < -0.4 is 16.0 Å². The number of nitrogens with two attached hydrogens (primary N) is 1. The highest BCUT2D eigenvalue weighted by Crippen LogP contribution is 2.28. The molecule has 3 N–H and O–H groups in total. The number of nitrogens with zero attached hydrogens (tertiary/aromatic N) is 4. The maximum atomic E-state index is 12.6. The molecule has 9 nitrogen and oxygen atoms in total. The fraction of sp³-hybridized carbons (Fsp3) is 0.227. The lowest BCUT2D eigenvalue weighted by Crippen LogP contribution is -2.26. The van der Waals surface area contributed by atoms with Gasteiger partial charge in [-0.1, -0.05) is 24.3 Å². The number of hydrogen-bond donors (Lipinski definition) is 2. The summed E-state index contributed by atoms with van der Waals surface area (Å²) in [5.41, 5.74) is 7.34. The van der Waals surface area contributed by atoms with Crippen molar-refractivity contribution in [3.05, 3.63) is 60.4 Å². The summed E-state index contributed by atoms with van der Waals surface area (Å²) in [4.78, 5) is 40.1. The van der Waals surface area contributed by atoms with Gasteiger partial charge in [0.1, 0.15) is 0 Å². The van der Waals surface area contributed by atoms with Crippen LogP contribution in [0.1, 0.15) is 12.2 Å². The molecule has 1 amide bonds. The molecule has 1 saturated heterocycles. The summed E-state index contributed by atoms with van der Waals surface area (Å²) in [6.45, 7) is 0.108. The Kier molecular flexibility index (Phi) is 6.50. The Labute approximate surface area is 189 Å². The molecule has 0 unspecified atom stereocenters. The van der Waals surface area contributed by atoms with Crippen LogP contribution in [-0.2, 0) is 20.9 Å². The first kappa shape index (κ1) is 21.6. The molecule has 3 aromatic rings. The molecule has 32 heavy (non-hydrogen) atoms. The van der Waals surface area contributed by atoms with E-state index in [4.69, 9.17) is 10.5 Å². The van der Waals surface area contributed by atoms with E-state index in [9.17, 15) is 9.59 Å². The molecule has 164 valence electrons. The third-order valence-corrected chi connectivity index (χ3v) is 5.62. The highest BCUT2D eigenvalue weighted by molar-refractivity contribution is 7.98. The maximum Gasteiger partial charge on any atom is 0.311 e. The number of esters is 1. The zero-order chi connectivity index (χ0) is 22.5. The van der Waals surface area contributed by atoms with E-state index in [-0.39, 0.29) is 43.2 Å². The van der Waals surface area contributed by atoms with Crippen LogP contribution in [0, 0.1) is 5.92 Å². The number of para-hydroxylation sites is 1. The monoisotopic (exact) mass is 450 g/mol. The zero-order valence-corrected chi connectivity index (χ0v) is 18.2. The summed E-state index contributed by atoms with van der Waals surface area (Å²) in [5, 5.41) is 3.03. The molecule has 4 rings (SSSR count). The van der Waals surface area contributed by atoms with Crippen LogP contribution in [-0.4, -0.2) is 39.6 Å². The normalized spacial score (nSPS) is 15.6. The van der Waals surface area contributed by atoms with Gasteiger partial charge in [0, 0.05) is 29.2 Å². The molecule has 2 heterocycles. The summed E-state index contributed by atoms with van der Waals surface area (Å²) >= 11 is 1.59. The van der Waals surface area contributed by atoms with Crippen molar-refractivity contribution in [1.29, 1.82) is 0 Å². The number of rotatable bonds is 7. The van der Waals surface area contributed by atoms with Crippen molar-refractivity contribution in [2.45, 2.75) is 17.9 Å². The lowest BCUT2D eigenvalue weighted by molar-refractivity contribution is -0.149. The number of carbonyl (C=O) groups excluding carboxylic acids is 2. The second-order valence-electron chi connectivity index (χ2n) is 7.14. The molecule has 0 bridgehead atoms. The Hall–Kier alpha value is -3.66. The number of hydrogen-bond acceptors (Lipinski definition) is 9. The highest BCUT2D eigenvalue weighted by atomic mass is 32.2. The average molecular weight is 451 g/mol. The molecule has 0 saturated carbocycles. The number of nitrogens with one attached hydrogen (secondary N) is 1. The molecular formula is C22H22N6O3S. The first-order valence-corrected chi connectivity index (χ1v) is 11.2. The summed E-state index contributed by atoms with van der Waals surface area (Å²) < 4.78 is 5.39. The van der Waals surface area contributed by atoms with Crippen molar-refractivity contribution >= 4 is 46.9 Å². The van der Waals surface area contributed by atoms with Crippen molar-refractivity contribution in [3.63, 3.8) is 0 Å². The van der Waals surface area contributed by atoms with Crippen LogP contribution in [0.5, 0.6) is 0 Å².